The highest BCUT2D eigenvalue weighted by Gasteiger charge is 2.32. The number of rotatable bonds is 19. The fourth-order valence-corrected chi connectivity index (χ4v) is 5.72. The number of nitrogens with zero attached hydrogens (tertiary/aromatic N) is 4. The molecule has 3 aromatic rings. The van der Waals surface area contributed by atoms with Gasteiger partial charge in [-0.3, -0.25) is 24.6 Å². The highest BCUT2D eigenvalue weighted by molar-refractivity contribution is 6.03. The van der Waals surface area contributed by atoms with E-state index in [9.17, 15) is 28.8 Å². The molecule has 20 heteroatoms. The zero-order valence-electron chi connectivity index (χ0n) is 33.7. The number of carbonyl (C=O) groups is 6. The Morgan fingerprint density at radius 2 is 1.36 bits per heavy atom. The second-order valence-corrected chi connectivity index (χ2v) is 13.2. The molecule has 1 aliphatic rings. The Bertz CT molecular complexity index is 1950. The van der Waals surface area contributed by atoms with E-state index in [1.165, 1.54) is 0 Å². The molecule has 7 N–H and O–H groups in total. The van der Waals surface area contributed by atoms with E-state index in [4.69, 9.17) is 35.5 Å². The lowest BCUT2D eigenvalue weighted by molar-refractivity contribution is -0.296. The molecule has 1 saturated heterocycles. The number of hydrogen-bond acceptors (Lipinski definition) is 12. The Hall–Kier alpha value is -6.90. The molecule has 1 fully saturated rings. The molecule has 3 aromatic carbocycles. The van der Waals surface area contributed by atoms with Gasteiger partial charge < -0.3 is 36.3 Å². The number of piperidine rings is 1. The lowest BCUT2D eigenvalue weighted by atomic mass is 10.1. The van der Waals surface area contributed by atoms with E-state index in [2.05, 4.69) is 25.9 Å². The number of ether oxygens (including phenoxy) is 3. The van der Waals surface area contributed by atoms with Gasteiger partial charge in [0.15, 0.2) is 0 Å². The van der Waals surface area contributed by atoms with E-state index in [0.717, 1.165) is 15.4 Å². The molecular formula is C41H51N9O11. The number of carbonyl (C=O) groups excluding carboxylic acids is 6. The summed E-state index contributed by atoms with van der Waals surface area (Å²) in [7, 11) is 0. The highest BCUT2D eigenvalue weighted by Crippen LogP contribution is 2.13. The molecule has 4 rings (SSSR count). The summed E-state index contributed by atoms with van der Waals surface area (Å²) in [5.74, 6) is -2.76. The van der Waals surface area contributed by atoms with Crippen molar-refractivity contribution in [1.29, 1.82) is 0 Å². The van der Waals surface area contributed by atoms with E-state index in [-0.39, 0.29) is 71.5 Å². The molecule has 0 aliphatic carbocycles. The first-order chi connectivity index (χ1) is 29.5. The second kappa shape index (κ2) is 25.6. The van der Waals surface area contributed by atoms with E-state index in [1.807, 2.05) is 18.2 Å². The van der Waals surface area contributed by atoms with Gasteiger partial charge in [-0.1, -0.05) is 91.0 Å². The van der Waals surface area contributed by atoms with Crippen molar-refractivity contribution in [3.8, 4) is 0 Å². The Kier molecular flexibility index (Phi) is 19.6. The average molecular weight is 846 g/mol. The zero-order valence-corrected chi connectivity index (χ0v) is 33.7. The minimum Gasteiger partial charge on any atom is -0.444 e. The predicted octanol–water partition coefficient (Wildman–Crippen LogP) is 2.82. The van der Waals surface area contributed by atoms with Gasteiger partial charge >= 0.3 is 18.3 Å². The van der Waals surface area contributed by atoms with Crippen molar-refractivity contribution in [1.82, 2.24) is 25.8 Å². The van der Waals surface area contributed by atoms with Crippen molar-refractivity contribution in [3.05, 3.63) is 108 Å². The molecule has 6 amide bonds. The molecule has 0 radical (unpaired) electrons. The number of guanidine groups is 2. The normalized spacial score (nSPS) is 14.7. The quantitative estimate of drug-likeness (QED) is 0.0221. The largest absolute Gasteiger partial charge is 0.444 e. The van der Waals surface area contributed by atoms with Crippen LogP contribution in [-0.2, 0) is 58.2 Å². The summed E-state index contributed by atoms with van der Waals surface area (Å²) in [6.07, 6.45) is -2.05. The molecule has 61 heavy (non-hydrogen) atoms. The van der Waals surface area contributed by atoms with Crippen molar-refractivity contribution >= 4 is 47.9 Å². The maximum atomic E-state index is 13.4. The first kappa shape index (κ1) is 46.8. The number of nitrogens with one attached hydrogen (secondary N) is 3. The Labute approximate surface area is 352 Å². The van der Waals surface area contributed by atoms with Crippen LogP contribution >= 0.6 is 0 Å². The monoisotopic (exact) mass is 845 g/mol. The number of aliphatic imine (C=N–C) groups is 2. The number of benzene rings is 3. The molecule has 1 heterocycles. The van der Waals surface area contributed by atoms with E-state index < -0.39 is 60.6 Å². The van der Waals surface area contributed by atoms with E-state index in [0.29, 0.717) is 17.5 Å². The number of amides is 6. The topological polar surface area (TPSA) is 268 Å². The van der Waals surface area contributed by atoms with Crippen LogP contribution in [0.2, 0.25) is 0 Å². The van der Waals surface area contributed by atoms with Gasteiger partial charge in [-0.2, -0.15) is 0 Å². The average Bonchev–Trinajstić information content (AvgIpc) is 3.27. The van der Waals surface area contributed by atoms with Crippen LogP contribution in [0.1, 0.15) is 49.3 Å². The standard InChI is InChI=1S/C41H51N9O11/c1-2-60-61-28-45-32(20-12-23-50(41(56)59-27-31-18-10-5-11-19-31)38(43)48-40(55)58-26-30-16-8-4-9-17-30)35(52)44-24-34(51)46-33-21-13-22-49(36(33)53)37(42)47-39(54)57-25-29-14-6-3-7-15-29/h3-11,14-19,32-33,45H,2,12-13,20-28H2,1H3,(H,44,52)(H,46,51)(H2,42,47,54)(H2,43,48,55)/t32-,33+/m1/s1. The lowest BCUT2D eigenvalue weighted by Crippen LogP contribution is -2.57. The van der Waals surface area contributed by atoms with Gasteiger partial charge in [-0.05, 0) is 49.3 Å². The van der Waals surface area contributed by atoms with Crippen molar-refractivity contribution < 1.29 is 52.8 Å². The van der Waals surface area contributed by atoms with Crippen LogP contribution < -0.4 is 27.4 Å². The van der Waals surface area contributed by atoms with Gasteiger partial charge in [0.1, 0.15) is 32.6 Å². The smallest absolute Gasteiger partial charge is 0.437 e. The molecule has 326 valence electrons. The third-order valence-corrected chi connectivity index (χ3v) is 8.78. The summed E-state index contributed by atoms with van der Waals surface area (Å²) in [5, 5.41) is 8.00. The van der Waals surface area contributed by atoms with Gasteiger partial charge in [-0.25, -0.2) is 29.1 Å². The van der Waals surface area contributed by atoms with Gasteiger partial charge in [0.05, 0.1) is 19.2 Å². The van der Waals surface area contributed by atoms with Crippen LogP contribution in [0.4, 0.5) is 14.4 Å². The van der Waals surface area contributed by atoms with Crippen molar-refractivity contribution in [3.63, 3.8) is 0 Å². The molecule has 2 atom stereocenters. The van der Waals surface area contributed by atoms with Gasteiger partial charge in [0, 0.05) is 13.1 Å². The Morgan fingerprint density at radius 1 is 0.803 bits per heavy atom. The number of nitrogens with two attached hydrogens (primary N) is 2. The van der Waals surface area contributed by atoms with Gasteiger partial charge in [-0.15, -0.1) is 9.98 Å². The SMILES string of the molecule is CCOOCN[C@H](CCCN(C(=O)OCc1ccccc1)C(N)=NC(=O)OCc1ccccc1)C(=O)NCC(=O)N[C@H]1CCCN(C(N)=NC(=O)OCc2ccccc2)C1=O. The maximum Gasteiger partial charge on any atom is 0.437 e. The molecule has 20 nitrogen and oxygen atoms in total. The molecule has 0 bridgehead atoms. The summed E-state index contributed by atoms with van der Waals surface area (Å²) in [5.41, 5.74) is 14.3. The third kappa shape index (κ3) is 16.7. The third-order valence-electron chi connectivity index (χ3n) is 8.78. The number of likely N-dealkylation sites (tertiary alicyclic amines) is 1. The molecular weight excluding hydrogens is 795 g/mol. The van der Waals surface area contributed by atoms with E-state index >= 15 is 0 Å². The molecule has 1 aliphatic heterocycles. The Balaban J connectivity index is 1.33. The highest BCUT2D eigenvalue weighted by atomic mass is 17.2. The van der Waals surface area contributed by atoms with Crippen LogP contribution in [0.25, 0.3) is 0 Å². The minimum atomic E-state index is -1.04. The summed E-state index contributed by atoms with van der Waals surface area (Å²) >= 11 is 0. The van der Waals surface area contributed by atoms with Gasteiger partial charge in [0.2, 0.25) is 23.7 Å². The number of hydrogen-bond donors (Lipinski definition) is 5. The Morgan fingerprint density at radius 3 is 1.93 bits per heavy atom. The summed E-state index contributed by atoms with van der Waals surface area (Å²) in [4.78, 5) is 97.0. The summed E-state index contributed by atoms with van der Waals surface area (Å²) < 4.78 is 15.8. The van der Waals surface area contributed by atoms with Crippen LogP contribution in [0.3, 0.4) is 0 Å². The van der Waals surface area contributed by atoms with Gasteiger partial charge in [0.25, 0.3) is 5.91 Å². The first-order valence-electron chi connectivity index (χ1n) is 19.5. The van der Waals surface area contributed by atoms with Crippen molar-refractivity contribution in [2.75, 3.05) is 33.0 Å². The van der Waals surface area contributed by atoms with Crippen molar-refractivity contribution in [2.45, 2.75) is 64.5 Å². The van der Waals surface area contributed by atoms with Crippen LogP contribution in [0.15, 0.2) is 101 Å². The second-order valence-electron chi connectivity index (χ2n) is 13.2. The van der Waals surface area contributed by atoms with Crippen LogP contribution in [-0.4, -0.2) is 103 Å². The molecule has 0 spiro atoms. The fraction of sp³-hybridized carbons (Fsp3) is 0.366. The molecule has 0 unspecified atom stereocenters. The summed E-state index contributed by atoms with van der Waals surface area (Å²) in [6, 6.07) is 24.7. The van der Waals surface area contributed by atoms with Crippen LogP contribution in [0, 0.1) is 0 Å². The summed E-state index contributed by atoms with van der Waals surface area (Å²) in [6.45, 7) is 1.02. The van der Waals surface area contributed by atoms with Crippen LogP contribution in [0.5, 0.6) is 0 Å². The minimum absolute atomic E-state index is 0.0373. The maximum absolute atomic E-state index is 13.4. The fourth-order valence-electron chi connectivity index (χ4n) is 5.72. The van der Waals surface area contributed by atoms with E-state index in [1.54, 1.807) is 79.7 Å². The first-order valence-corrected chi connectivity index (χ1v) is 19.5. The van der Waals surface area contributed by atoms with Crippen molar-refractivity contribution in [2.24, 2.45) is 21.5 Å². The lowest BCUT2D eigenvalue weighted by Gasteiger charge is -2.31. The molecule has 0 saturated carbocycles. The zero-order chi connectivity index (χ0) is 43.8. The molecule has 0 aromatic heterocycles. The predicted molar refractivity (Wildman–Crippen MR) is 219 cm³/mol.